The van der Waals surface area contributed by atoms with Gasteiger partial charge in [0.05, 0.1) is 0 Å². The number of hydrogen-bond donors (Lipinski definition) is 2. The number of rotatable bonds is 4. The highest BCUT2D eigenvalue weighted by atomic mass is 16.2. The number of aromatic nitrogens is 2. The lowest BCUT2D eigenvalue weighted by Gasteiger charge is -2.29. The molecule has 5 aromatic rings. The summed E-state index contributed by atoms with van der Waals surface area (Å²) in [5.41, 5.74) is 5.22. The van der Waals surface area contributed by atoms with E-state index in [2.05, 4.69) is 53.3 Å². The fourth-order valence-electron chi connectivity index (χ4n) is 5.33. The lowest BCUT2D eigenvalue weighted by atomic mass is 9.70. The van der Waals surface area contributed by atoms with Gasteiger partial charge in [-0.2, -0.15) is 0 Å². The van der Waals surface area contributed by atoms with Crippen LogP contribution in [0, 0.1) is 0 Å². The van der Waals surface area contributed by atoms with Crippen molar-refractivity contribution in [3.05, 3.63) is 102 Å². The van der Waals surface area contributed by atoms with Crippen LogP contribution in [0.2, 0.25) is 0 Å². The Morgan fingerprint density at radius 3 is 1.90 bits per heavy atom. The van der Waals surface area contributed by atoms with Crippen LogP contribution in [-0.4, -0.2) is 22.4 Å². The summed E-state index contributed by atoms with van der Waals surface area (Å²) in [6.45, 7) is 2.82. The van der Waals surface area contributed by atoms with Gasteiger partial charge in [0, 0.05) is 63.1 Å². The van der Waals surface area contributed by atoms with E-state index in [4.69, 9.17) is 0 Å². The number of amides is 1. The molecule has 31 heavy (non-hydrogen) atoms. The van der Waals surface area contributed by atoms with Crippen molar-refractivity contribution in [2.75, 3.05) is 11.4 Å². The maximum Gasteiger partial charge on any atom is 0.246 e. The Hall–Kier alpha value is -3.79. The van der Waals surface area contributed by atoms with E-state index in [9.17, 15) is 4.79 Å². The summed E-state index contributed by atoms with van der Waals surface area (Å²) in [4.78, 5) is 23.3. The maximum atomic E-state index is 14.5. The molecule has 0 spiro atoms. The molecule has 0 saturated carbocycles. The van der Waals surface area contributed by atoms with Crippen molar-refractivity contribution < 1.29 is 4.79 Å². The van der Waals surface area contributed by atoms with Crippen molar-refractivity contribution in [3.8, 4) is 0 Å². The summed E-state index contributed by atoms with van der Waals surface area (Å²) >= 11 is 0. The van der Waals surface area contributed by atoms with Crippen LogP contribution in [0.15, 0.2) is 85.2 Å². The zero-order valence-electron chi connectivity index (χ0n) is 17.4. The summed E-state index contributed by atoms with van der Waals surface area (Å²) in [5.74, 6) is 0.116. The molecule has 0 unspecified atom stereocenters. The molecule has 3 aromatic carbocycles. The zero-order chi connectivity index (χ0) is 21.0. The van der Waals surface area contributed by atoms with Gasteiger partial charge in [0.15, 0.2) is 0 Å². The predicted octanol–water partition coefficient (Wildman–Crippen LogP) is 5.74. The fraction of sp³-hybridized carbons (Fsp3) is 0.148. The highest BCUT2D eigenvalue weighted by Gasteiger charge is 2.55. The Morgan fingerprint density at radius 2 is 1.29 bits per heavy atom. The topological polar surface area (TPSA) is 51.9 Å². The number of nitrogens with zero attached hydrogens (tertiary/aromatic N) is 1. The Morgan fingerprint density at radius 1 is 0.742 bits per heavy atom. The van der Waals surface area contributed by atoms with Crippen molar-refractivity contribution in [2.24, 2.45) is 0 Å². The minimum Gasteiger partial charge on any atom is -0.361 e. The SMILES string of the molecule is CCCN1C(=O)C(c2c[nH]c3ccccc23)(c2c[nH]c3ccccc23)c2ccccc21. The van der Waals surface area contributed by atoms with Crippen molar-refractivity contribution >= 4 is 33.4 Å². The van der Waals surface area contributed by atoms with E-state index in [1.807, 2.05) is 53.7 Å². The quantitative estimate of drug-likeness (QED) is 0.394. The number of carbonyl (C=O) groups is 1. The number of carbonyl (C=O) groups excluding carboxylic acids is 1. The zero-order valence-corrected chi connectivity index (χ0v) is 17.4. The van der Waals surface area contributed by atoms with E-state index in [0.29, 0.717) is 6.54 Å². The average molecular weight is 406 g/mol. The fourth-order valence-corrected chi connectivity index (χ4v) is 5.33. The van der Waals surface area contributed by atoms with E-state index in [1.54, 1.807) is 0 Å². The molecule has 152 valence electrons. The molecule has 2 N–H and O–H groups in total. The second kappa shape index (κ2) is 6.61. The molecule has 0 fully saturated rings. The minimum atomic E-state index is -0.912. The maximum absolute atomic E-state index is 14.5. The van der Waals surface area contributed by atoms with Crippen molar-refractivity contribution in [1.29, 1.82) is 0 Å². The van der Waals surface area contributed by atoms with Gasteiger partial charge < -0.3 is 14.9 Å². The van der Waals surface area contributed by atoms with Crippen LogP contribution in [0.5, 0.6) is 0 Å². The number of hydrogen-bond acceptors (Lipinski definition) is 1. The third-order valence-electron chi connectivity index (χ3n) is 6.60. The first-order valence-electron chi connectivity index (χ1n) is 10.8. The van der Waals surface area contributed by atoms with Gasteiger partial charge in [-0.05, 0) is 24.6 Å². The Bertz CT molecular complexity index is 1370. The van der Waals surface area contributed by atoms with Gasteiger partial charge in [0.1, 0.15) is 5.41 Å². The summed E-state index contributed by atoms with van der Waals surface area (Å²) in [5, 5.41) is 2.16. The van der Waals surface area contributed by atoms with Crippen LogP contribution < -0.4 is 4.90 Å². The van der Waals surface area contributed by atoms with Crippen LogP contribution >= 0.6 is 0 Å². The summed E-state index contributed by atoms with van der Waals surface area (Å²) in [7, 11) is 0. The van der Waals surface area contributed by atoms with Gasteiger partial charge in [-0.15, -0.1) is 0 Å². The number of H-pyrrole nitrogens is 2. The number of para-hydroxylation sites is 3. The second-order valence-electron chi connectivity index (χ2n) is 8.22. The first-order valence-corrected chi connectivity index (χ1v) is 10.8. The second-order valence-corrected chi connectivity index (χ2v) is 8.22. The third-order valence-corrected chi connectivity index (χ3v) is 6.60. The average Bonchev–Trinajstić information content (AvgIpc) is 3.49. The summed E-state index contributed by atoms with van der Waals surface area (Å²) in [6, 6.07) is 24.7. The highest BCUT2D eigenvalue weighted by molar-refractivity contribution is 6.16. The van der Waals surface area contributed by atoms with Crippen molar-refractivity contribution in [2.45, 2.75) is 18.8 Å². The van der Waals surface area contributed by atoms with Gasteiger partial charge in [0.25, 0.3) is 0 Å². The lowest BCUT2D eigenvalue weighted by molar-refractivity contribution is -0.120. The van der Waals surface area contributed by atoms with Crippen LogP contribution in [0.3, 0.4) is 0 Å². The molecule has 0 radical (unpaired) electrons. The number of nitrogens with one attached hydrogen (secondary N) is 2. The Kier molecular flexibility index (Phi) is 3.84. The molecular formula is C27H23N3O. The van der Waals surface area contributed by atoms with Gasteiger partial charge in [-0.1, -0.05) is 61.5 Å². The molecule has 1 aliphatic heterocycles. The standard InChI is InChI=1S/C27H23N3O/c1-2-15-30-25-14-8-5-11-20(25)27(26(30)31,21-16-28-23-12-6-3-9-18(21)23)22-17-29-24-13-7-4-10-19(22)24/h3-14,16-17,28-29H,2,15H2,1H3. The van der Waals surface area contributed by atoms with Crippen LogP contribution in [0.25, 0.3) is 21.8 Å². The molecule has 1 aliphatic rings. The number of aromatic amines is 2. The van der Waals surface area contributed by atoms with Gasteiger partial charge >= 0.3 is 0 Å². The molecule has 4 heteroatoms. The molecule has 3 heterocycles. The molecule has 0 atom stereocenters. The highest BCUT2D eigenvalue weighted by Crippen LogP contribution is 2.53. The number of anilines is 1. The van der Waals surface area contributed by atoms with E-state index in [-0.39, 0.29) is 5.91 Å². The third kappa shape index (κ3) is 2.27. The normalized spacial score (nSPS) is 15.1. The van der Waals surface area contributed by atoms with E-state index in [0.717, 1.165) is 50.6 Å². The molecule has 0 aliphatic carbocycles. The Labute approximate surface area is 180 Å². The van der Waals surface area contributed by atoms with E-state index in [1.165, 1.54) is 0 Å². The largest absolute Gasteiger partial charge is 0.361 e. The first kappa shape index (κ1) is 18.0. The molecule has 0 bridgehead atoms. The van der Waals surface area contributed by atoms with Gasteiger partial charge in [-0.3, -0.25) is 4.79 Å². The summed E-state index contributed by atoms with van der Waals surface area (Å²) < 4.78 is 0. The summed E-state index contributed by atoms with van der Waals surface area (Å²) in [6.07, 6.45) is 4.95. The molecule has 4 nitrogen and oxygen atoms in total. The monoisotopic (exact) mass is 405 g/mol. The molecular weight excluding hydrogens is 382 g/mol. The van der Waals surface area contributed by atoms with Crippen molar-refractivity contribution in [1.82, 2.24) is 9.97 Å². The van der Waals surface area contributed by atoms with Gasteiger partial charge in [0.2, 0.25) is 5.91 Å². The van der Waals surface area contributed by atoms with Crippen molar-refractivity contribution in [3.63, 3.8) is 0 Å². The first-order chi connectivity index (χ1) is 15.3. The predicted molar refractivity (Wildman–Crippen MR) is 126 cm³/mol. The van der Waals surface area contributed by atoms with E-state index >= 15 is 0 Å². The van der Waals surface area contributed by atoms with Crippen LogP contribution in [-0.2, 0) is 10.2 Å². The number of benzene rings is 3. The minimum absolute atomic E-state index is 0.116. The molecule has 1 amide bonds. The molecule has 2 aromatic heterocycles. The van der Waals surface area contributed by atoms with Crippen LogP contribution in [0.4, 0.5) is 5.69 Å². The smallest absolute Gasteiger partial charge is 0.246 e. The molecule has 0 saturated heterocycles. The molecule has 6 rings (SSSR count). The lowest BCUT2D eigenvalue weighted by Crippen LogP contribution is -2.42. The van der Waals surface area contributed by atoms with Crippen LogP contribution in [0.1, 0.15) is 30.0 Å². The number of fused-ring (bicyclic) bond motifs is 3. The van der Waals surface area contributed by atoms with E-state index < -0.39 is 5.41 Å². The van der Waals surface area contributed by atoms with Gasteiger partial charge in [-0.25, -0.2) is 0 Å². The Balaban J connectivity index is 1.78.